The zero-order valence-electron chi connectivity index (χ0n) is 17.9. The first kappa shape index (κ1) is 23.6. The zero-order valence-corrected chi connectivity index (χ0v) is 19.4. The van der Waals surface area contributed by atoms with Crippen LogP contribution in [-0.4, -0.2) is 21.7 Å². The van der Waals surface area contributed by atoms with Crippen LogP contribution in [0.5, 0.6) is 0 Å². The molecule has 0 radical (unpaired) electrons. The van der Waals surface area contributed by atoms with E-state index in [-0.39, 0.29) is 5.02 Å². The van der Waals surface area contributed by atoms with Crippen molar-refractivity contribution in [2.45, 2.75) is 39.0 Å². The number of benzene rings is 2. The molecular weight excluding hydrogens is 449 g/mol. The Balaban J connectivity index is 1.91. The summed E-state index contributed by atoms with van der Waals surface area (Å²) in [5.74, 6) is -0.382. The molecule has 4 N–H and O–H groups in total. The van der Waals surface area contributed by atoms with E-state index in [1.54, 1.807) is 29.8 Å². The van der Waals surface area contributed by atoms with Gasteiger partial charge in [0.15, 0.2) is 0 Å². The Labute approximate surface area is 196 Å². The Morgan fingerprint density at radius 3 is 2.59 bits per heavy atom. The molecule has 0 fully saturated rings. The van der Waals surface area contributed by atoms with Crippen molar-refractivity contribution in [1.82, 2.24) is 9.78 Å². The molecule has 0 bridgehead atoms. The Hall–Kier alpha value is -3.03. The number of amides is 3. The maximum atomic E-state index is 12.7. The lowest BCUT2D eigenvalue weighted by Gasteiger charge is -2.13. The van der Waals surface area contributed by atoms with Crippen molar-refractivity contribution in [1.29, 1.82) is 0 Å². The predicted octanol–water partition coefficient (Wildman–Crippen LogP) is 5.75. The van der Waals surface area contributed by atoms with Gasteiger partial charge >= 0.3 is 6.03 Å². The minimum Gasteiger partial charge on any atom is -0.369 e. The fraction of sp³-hybridized carbons (Fsp3) is 0.261. The lowest BCUT2D eigenvalue weighted by molar-refractivity contribution is -0.119. The number of nitrogens with two attached hydrogens (primary N) is 1. The summed E-state index contributed by atoms with van der Waals surface area (Å²) in [6.45, 7) is 3.85. The Morgan fingerprint density at radius 1 is 1.12 bits per heavy atom. The minimum absolute atomic E-state index is 0.259. The van der Waals surface area contributed by atoms with Gasteiger partial charge in [-0.05, 0) is 49.6 Å². The first-order chi connectivity index (χ1) is 15.3. The largest absolute Gasteiger partial charge is 0.369 e. The van der Waals surface area contributed by atoms with Crippen LogP contribution in [0.2, 0.25) is 10.0 Å². The first-order valence-corrected chi connectivity index (χ1v) is 11.1. The number of unbranched alkanes of at least 4 members (excludes halogenated alkanes) is 1. The van der Waals surface area contributed by atoms with E-state index in [1.807, 2.05) is 30.3 Å². The molecule has 0 aliphatic rings. The maximum Gasteiger partial charge on any atom is 0.324 e. The monoisotopic (exact) mass is 473 g/mol. The van der Waals surface area contributed by atoms with Crippen molar-refractivity contribution >= 4 is 46.6 Å². The van der Waals surface area contributed by atoms with Gasteiger partial charge in [0, 0.05) is 6.07 Å². The van der Waals surface area contributed by atoms with Gasteiger partial charge in [-0.3, -0.25) is 10.1 Å². The highest BCUT2D eigenvalue weighted by molar-refractivity contribution is 6.44. The van der Waals surface area contributed by atoms with Gasteiger partial charge in [-0.1, -0.05) is 54.7 Å². The van der Waals surface area contributed by atoms with Crippen LogP contribution in [0.1, 0.15) is 43.9 Å². The highest BCUT2D eigenvalue weighted by Crippen LogP contribution is 2.30. The third kappa shape index (κ3) is 5.60. The summed E-state index contributed by atoms with van der Waals surface area (Å²) in [6.07, 6.45) is 2.77. The summed E-state index contributed by atoms with van der Waals surface area (Å²) in [5, 5.41) is 10.8. The van der Waals surface area contributed by atoms with Crippen LogP contribution in [0, 0.1) is 0 Å². The number of urea groups is 1. The van der Waals surface area contributed by atoms with Gasteiger partial charge in [0.05, 0.1) is 33.0 Å². The summed E-state index contributed by atoms with van der Waals surface area (Å²) in [4.78, 5) is 24.3. The highest BCUT2D eigenvalue weighted by Gasteiger charge is 2.17. The molecule has 1 atom stereocenters. The number of carbonyl (C=O) groups excluding carboxylic acids is 2. The molecule has 1 unspecified atom stereocenters. The second-order valence-corrected chi connectivity index (χ2v) is 8.22. The summed E-state index contributed by atoms with van der Waals surface area (Å²) < 4.78 is 1.64. The van der Waals surface area contributed by atoms with Gasteiger partial charge in [0.2, 0.25) is 5.91 Å². The van der Waals surface area contributed by atoms with Crippen molar-refractivity contribution in [2.75, 3.05) is 10.6 Å². The van der Waals surface area contributed by atoms with Gasteiger partial charge in [0.25, 0.3) is 0 Å². The van der Waals surface area contributed by atoms with Crippen molar-refractivity contribution in [2.24, 2.45) is 5.73 Å². The van der Waals surface area contributed by atoms with Gasteiger partial charge in [-0.25, -0.2) is 9.48 Å². The summed E-state index contributed by atoms with van der Waals surface area (Å²) in [5.41, 5.74) is 8.17. The normalized spacial score (nSPS) is 11.8. The Bertz CT molecular complexity index is 1130. The third-order valence-corrected chi connectivity index (χ3v) is 5.85. The van der Waals surface area contributed by atoms with Gasteiger partial charge in [-0.2, -0.15) is 5.10 Å². The van der Waals surface area contributed by atoms with Crippen molar-refractivity contribution < 1.29 is 9.59 Å². The Kier molecular flexibility index (Phi) is 7.77. The van der Waals surface area contributed by atoms with E-state index in [0.29, 0.717) is 22.2 Å². The van der Waals surface area contributed by atoms with Gasteiger partial charge in [-0.15, -0.1) is 0 Å². The standard InChI is InChI=1S/C23H25Cl2N5O2/c1-3-4-8-16-13-20(28-23(32)27-19-11-6-10-18(24)21(19)25)30(29-16)17-9-5-7-15(12-17)14(2)22(26)31/h5-7,9-14H,3-4,8H2,1-2H3,(H2,26,31)(H2,27,28,32). The molecular formula is C23H25Cl2N5O2. The average molecular weight is 474 g/mol. The second kappa shape index (κ2) is 10.5. The number of aryl methyl sites for hydroxylation is 1. The molecule has 1 aromatic heterocycles. The number of nitrogens with one attached hydrogen (secondary N) is 2. The molecule has 3 amide bonds. The van der Waals surface area contributed by atoms with E-state index in [4.69, 9.17) is 28.9 Å². The van der Waals surface area contributed by atoms with Gasteiger partial charge in [0.1, 0.15) is 5.82 Å². The van der Waals surface area contributed by atoms with Crippen LogP contribution in [0.15, 0.2) is 48.5 Å². The minimum atomic E-state index is -0.487. The quantitative estimate of drug-likeness (QED) is 0.387. The summed E-state index contributed by atoms with van der Waals surface area (Å²) >= 11 is 12.2. The number of rotatable bonds is 8. The number of primary amides is 1. The Morgan fingerprint density at radius 2 is 1.88 bits per heavy atom. The fourth-order valence-electron chi connectivity index (χ4n) is 3.16. The maximum absolute atomic E-state index is 12.7. The molecule has 0 spiro atoms. The van der Waals surface area contributed by atoms with Crippen LogP contribution in [0.3, 0.4) is 0 Å². The van der Waals surface area contributed by atoms with Gasteiger partial charge < -0.3 is 11.1 Å². The van der Waals surface area contributed by atoms with E-state index in [9.17, 15) is 9.59 Å². The molecule has 0 saturated heterocycles. The number of hydrogen-bond acceptors (Lipinski definition) is 3. The van der Waals surface area contributed by atoms with E-state index in [1.165, 1.54) is 0 Å². The number of halogens is 2. The van der Waals surface area contributed by atoms with Crippen LogP contribution in [0.4, 0.5) is 16.3 Å². The predicted molar refractivity (Wildman–Crippen MR) is 129 cm³/mol. The number of nitrogens with zero attached hydrogens (tertiary/aromatic N) is 2. The second-order valence-electron chi connectivity index (χ2n) is 7.44. The van der Waals surface area contributed by atoms with Crippen LogP contribution >= 0.6 is 23.2 Å². The number of hydrogen-bond donors (Lipinski definition) is 3. The molecule has 32 heavy (non-hydrogen) atoms. The summed E-state index contributed by atoms with van der Waals surface area (Å²) in [7, 11) is 0. The molecule has 2 aromatic carbocycles. The lowest BCUT2D eigenvalue weighted by atomic mass is 10.0. The zero-order chi connectivity index (χ0) is 23.3. The summed E-state index contributed by atoms with van der Waals surface area (Å²) in [6, 6.07) is 13.7. The van der Waals surface area contributed by atoms with Crippen LogP contribution < -0.4 is 16.4 Å². The number of carbonyl (C=O) groups is 2. The average Bonchev–Trinajstić information content (AvgIpc) is 3.17. The van der Waals surface area contributed by atoms with Crippen LogP contribution in [-0.2, 0) is 11.2 Å². The molecule has 3 rings (SSSR count). The lowest BCUT2D eigenvalue weighted by Crippen LogP contribution is -2.21. The van der Waals surface area contributed by atoms with E-state index in [0.717, 1.165) is 30.5 Å². The van der Waals surface area contributed by atoms with Crippen molar-refractivity contribution in [3.8, 4) is 5.69 Å². The number of anilines is 2. The molecule has 0 aliphatic carbocycles. The number of aromatic nitrogens is 2. The fourth-order valence-corrected chi connectivity index (χ4v) is 3.50. The third-order valence-electron chi connectivity index (χ3n) is 5.03. The molecule has 0 aliphatic heterocycles. The highest BCUT2D eigenvalue weighted by atomic mass is 35.5. The molecule has 1 heterocycles. The van der Waals surface area contributed by atoms with E-state index >= 15 is 0 Å². The SMILES string of the molecule is CCCCc1cc(NC(=O)Nc2cccc(Cl)c2Cl)n(-c2cccc(C(C)C(N)=O)c2)n1. The molecule has 7 nitrogen and oxygen atoms in total. The van der Waals surface area contributed by atoms with E-state index in [2.05, 4.69) is 22.7 Å². The first-order valence-electron chi connectivity index (χ1n) is 10.3. The molecule has 168 valence electrons. The smallest absolute Gasteiger partial charge is 0.324 e. The molecule has 9 heteroatoms. The molecule has 3 aromatic rings. The molecule has 0 saturated carbocycles. The van der Waals surface area contributed by atoms with Crippen molar-refractivity contribution in [3.63, 3.8) is 0 Å². The topological polar surface area (TPSA) is 102 Å². The van der Waals surface area contributed by atoms with Crippen LogP contribution in [0.25, 0.3) is 5.69 Å². The van der Waals surface area contributed by atoms with E-state index < -0.39 is 17.9 Å². The van der Waals surface area contributed by atoms with Crippen molar-refractivity contribution in [3.05, 3.63) is 69.8 Å².